The van der Waals surface area contributed by atoms with E-state index >= 15 is 0 Å². The van der Waals surface area contributed by atoms with E-state index in [1.807, 2.05) is 4.90 Å². The average Bonchev–Trinajstić information content (AvgIpc) is 2.55. The van der Waals surface area contributed by atoms with Gasteiger partial charge in [0.2, 0.25) is 5.91 Å². The number of likely N-dealkylation sites (tertiary alicyclic amines) is 1. The zero-order chi connectivity index (χ0) is 12.8. The Morgan fingerprint density at radius 3 is 2.61 bits per heavy atom. The number of rotatable bonds is 2. The van der Waals surface area contributed by atoms with E-state index in [0.717, 1.165) is 32.4 Å². The van der Waals surface area contributed by atoms with Gasteiger partial charge in [-0.25, -0.2) is 4.79 Å². The monoisotopic (exact) mass is 254 g/mol. The van der Waals surface area contributed by atoms with E-state index in [2.05, 4.69) is 5.32 Å². The summed E-state index contributed by atoms with van der Waals surface area (Å²) in [6.07, 6.45) is 1.82. The molecule has 2 aliphatic heterocycles. The number of hydrogen-bond acceptors (Lipinski definition) is 3. The van der Waals surface area contributed by atoms with Gasteiger partial charge in [0.25, 0.3) is 0 Å². The van der Waals surface area contributed by atoms with Crippen LogP contribution in [0.3, 0.4) is 0 Å². The highest BCUT2D eigenvalue weighted by Crippen LogP contribution is 2.46. The number of amides is 2. The number of nitrogens with zero attached hydrogens (tertiary/aromatic N) is 1. The third kappa shape index (κ3) is 1.94. The first-order valence-electron chi connectivity index (χ1n) is 6.44. The van der Waals surface area contributed by atoms with Crippen LogP contribution in [0.5, 0.6) is 0 Å². The molecule has 2 amide bonds. The van der Waals surface area contributed by atoms with Crippen molar-refractivity contribution in [3.63, 3.8) is 0 Å². The number of carboxylic acid groups (broad SMARTS) is 1. The quantitative estimate of drug-likeness (QED) is 0.742. The second-order valence-electron chi connectivity index (χ2n) is 5.82. The lowest BCUT2D eigenvalue weighted by Crippen LogP contribution is -2.60. The topological polar surface area (TPSA) is 78.9 Å². The summed E-state index contributed by atoms with van der Waals surface area (Å²) >= 11 is 0. The predicted octanol–water partition coefficient (Wildman–Crippen LogP) is 0.281. The van der Waals surface area contributed by atoms with E-state index in [9.17, 15) is 9.59 Å². The van der Waals surface area contributed by atoms with Gasteiger partial charge in [-0.2, -0.15) is 0 Å². The molecule has 3 rings (SSSR count). The van der Waals surface area contributed by atoms with Crippen molar-refractivity contribution in [3.05, 3.63) is 0 Å². The number of nitrogens with one attached hydrogen (secondary N) is 1. The SMILES string of the molecule is O=C(O)N[C@@H]1CCC2(C1)CN(C(=O)C1COC1)C2. The number of ether oxygens (including phenoxy) is 1. The van der Waals surface area contributed by atoms with Gasteiger partial charge in [-0.1, -0.05) is 0 Å². The van der Waals surface area contributed by atoms with E-state index in [1.54, 1.807) is 0 Å². The first kappa shape index (κ1) is 11.8. The second kappa shape index (κ2) is 4.12. The van der Waals surface area contributed by atoms with Crippen LogP contribution in [-0.2, 0) is 9.53 Å². The Morgan fingerprint density at radius 1 is 1.33 bits per heavy atom. The number of carbonyl (C=O) groups excluding carboxylic acids is 1. The summed E-state index contributed by atoms with van der Waals surface area (Å²) in [4.78, 5) is 24.4. The molecule has 0 aromatic carbocycles. The molecule has 1 aliphatic carbocycles. The van der Waals surface area contributed by atoms with E-state index in [4.69, 9.17) is 9.84 Å². The van der Waals surface area contributed by atoms with Gasteiger partial charge in [0.1, 0.15) is 0 Å². The van der Waals surface area contributed by atoms with Crippen molar-refractivity contribution < 1.29 is 19.4 Å². The lowest BCUT2D eigenvalue weighted by molar-refractivity contribution is -0.161. The van der Waals surface area contributed by atoms with E-state index < -0.39 is 6.09 Å². The molecule has 3 fully saturated rings. The molecule has 2 saturated heterocycles. The molecule has 6 nitrogen and oxygen atoms in total. The Bertz CT molecular complexity index is 374. The Morgan fingerprint density at radius 2 is 2.06 bits per heavy atom. The van der Waals surface area contributed by atoms with E-state index in [-0.39, 0.29) is 23.3 Å². The van der Waals surface area contributed by atoms with Crippen molar-refractivity contribution in [1.29, 1.82) is 0 Å². The van der Waals surface area contributed by atoms with Crippen molar-refractivity contribution in [2.24, 2.45) is 11.3 Å². The minimum Gasteiger partial charge on any atom is -0.465 e. The Kier molecular flexibility index (Phi) is 2.69. The van der Waals surface area contributed by atoms with Gasteiger partial charge in [-0.05, 0) is 19.3 Å². The van der Waals surface area contributed by atoms with Gasteiger partial charge in [-0.3, -0.25) is 4.79 Å². The first-order valence-corrected chi connectivity index (χ1v) is 6.44. The minimum atomic E-state index is -0.948. The highest BCUT2D eigenvalue weighted by molar-refractivity contribution is 5.80. The molecule has 0 radical (unpaired) electrons. The number of hydrogen-bond donors (Lipinski definition) is 2. The normalized spacial score (nSPS) is 29.8. The Balaban J connectivity index is 1.49. The van der Waals surface area contributed by atoms with Crippen molar-refractivity contribution in [2.45, 2.75) is 25.3 Å². The van der Waals surface area contributed by atoms with Crippen LogP contribution in [-0.4, -0.2) is 54.4 Å². The van der Waals surface area contributed by atoms with Crippen molar-refractivity contribution >= 4 is 12.0 Å². The molecular formula is C12H18N2O4. The predicted molar refractivity (Wildman–Crippen MR) is 62.1 cm³/mol. The summed E-state index contributed by atoms with van der Waals surface area (Å²) < 4.78 is 5.03. The molecule has 2 heterocycles. The lowest BCUT2D eigenvalue weighted by atomic mass is 9.77. The van der Waals surface area contributed by atoms with Gasteiger partial charge in [0, 0.05) is 24.5 Å². The highest BCUT2D eigenvalue weighted by atomic mass is 16.5. The smallest absolute Gasteiger partial charge is 0.404 e. The van der Waals surface area contributed by atoms with Crippen LogP contribution >= 0.6 is 0 Å². The van der Waals surface area contributed by atoms with Crippen molar-refractivity contribution in [2.75, 3.05) is 26.3 Å². The van der Waals surface area contributed by atoms with Crippen LogP contribution in [0.15, 0.2) is 0 Å². The molecule has 100 valence electrons. The fraction of sp³-hybridized carbons (Fsp3) is 0.833. The van der Waals surface area contributed by atoms with Gasteiger partial charge in [0.15, 0.2) is 0 Å². The molecule has 0 aromatic heterocycles. The molecule has 0 aromatic rings. The fourth-order valence-corrected chi connectivity index (χ4v) is 3.35. The zero-order valence-electron chi connectivity index (χ0n) is 10.2. The summed E-state index contributed by atoms with van der Waals surface area (Å²) in [6, 6.07) is 0.0618. The van der Waals surface area contributed by atoms with Crippen LogP contribution in [0, 0.1) is 11.3 Å². The summed E-state index contributed by atoms with van der Waals surface area (Å²) in [5.74, 6) is 0.276. The fourth-order valence-electron chi connectivity index (χ4n) is 3.35. The standard InChI is InChI=1S/C12H18N2O4/c15-10(8-4-18-5-8)14-6-12(7-14)2-1-9(3-12)13-11(16)17/h8-9,13H,1-7H2,(H,16,17)/t9-/m1/s1. The van der Waals surface area contributed by atoms with Crippen LogP contribution in [0.25, 0.3) is 0 Å². The van der Waals surface area contributed by atoms with Crippen molar-refractivity contribution in [3.8, 4) is 0 Å². The summed E-state index contributed by atoms with van der Waals surface area (Å²) in [7, 11) is 0. The maximum atomic E-state index is 11.9. The molecule has 1 spiro atoms. The highest BCUT2D eigenvalue weighted by Gasteiger charge is 2.51. The lowest BCUT2D eigenvalue weighted by Gasteiger charge is -2.50. The number of carbonyl (C=O) groups is 2. The maximum absolute atomic E-state index is 11.9. The van der Waals surface area contributed by atoms with Gasteiger partial charge in [-0.15, -0.1) is 0 Å². The van der Waals surface area contributed by atoms with Gasteiger partial charge in [0.05, 0.1) is 19.1 Å². The molecule has 1 atom stereocenters. The molecule has 2 N–H and O–H groups in total. The zero-order valence-corrected chi connectivity index (χ0v) is 10.2. The third-order valence-electron chi connectivity index (χ3n) is 4.38. The molecule has 1 saturated carbocycles. The van der Waals surface area contributed by atoms with Crippen LogP contribution < -0.4 is 5.32 Å². The molecule has 0 bridgehead atoms. The third-order valence-corrected chi connectivity index (χ3v) is 4.38. The molecule has 6 heteroatoms. The summed E-state index contributed by atoms with van der Waals surface area (Å²) in [6.45, 7) is 2.71. The maximum Gasteiger partial charge on any atom is 0.404 e. The molecule has 18 heavy (non-hydrogen) atoms. The summed E-state index contributed by atoms with van der Waals surface area (Å²) in [5, 5.41) is 11.2. The van der Waals surface area contributed by atoms with E-state index in [1.165, 1.54) is 0 Å². The first-order chi connectivity index (χ1) is 8.58. The van der Waals surface area contributed by atoms with Crippen LogP contribution in [0.2, 0.25) is 0 Å². The Labute approximate surface area is 105 Å². The van der Waals surface area contributed by atoms with Crippen LogP contribution in [0.4, 0.5) is 4.79 Å². The molecular weight excluding hydrogens is 236 g/mol. The molecule has 3 aliphatic rings. The van der Waals surface area contributed by atoms with E-state index in [0.29, 0.717) is 13.2 Å². The largest absolute Gasteiger partial charge is 0.465 e. The average molecular weight is 254 g/mol. The summed E-state index contributed by atoms with van der Waals surface area (Å²) in [5.41, 5.74) is 0.174. The van der Waals surface area contributed by atoms with Gasteiger partial charge < -0.3 is 20.1 Å². The van der Waals surface area contributed by atoms with Crippen molar-refractivity contribution in [1.82, 2.24) is 10.2 Å². The minimum absolute atomic E-state index is 0.0618. The van der Waals surface area contributed by atoms with Gasteiger partial charge >= 0.3 is 6.09 Å². The second-order valence-corrected chi connectivity index (χ2v) is 5.82. The molecule has 0 unspecified atom stereocenters. The Hall–Kier alpha value is -1.30. The van der Waals surface area contributed by atoms with Crippen LogP contribution in [0.1, 0.15) is 19.3 Å².